The summed E-state index contributed by atoms with van der Waals surface area (Å²) in [5.41, 5.74) is 1.15. The van der Waals surface area contributed by atoms with E-state index >= 15 is 0 Å². The van der Waals surface area contributed by atoms with Gasteiger partial charge in [0.15, 0.2) is 0 Å². The lowest BCUT2D eigenvalue weighted by Gasteiger charge is -2.04. The Kier molecular flexibility index (Phi) is 5.07. The minimum absolute atomic E-state index is 0.311. The van der Waals surface area contributed by atoms with E-state index in [-0.39, 0.29) is 5.91 Å². The average Bonchev–Trinajstić information content (AvgIpc) is 2.41. The van der Waals surface area contributed by atoms with Crippen molar-refractivity contribution < 1.29 is 4.79 Å². The molecule has 2 aromatic rings. The minimum atomic E-state index is -0.311. The van der Waals surface area contributed by atoms with Crippen molar-refractivity contribution in [3.63, 3.8) is 0 Å². The summed E-state index contributed by atoms with van der Waals surface area (Å²) in [7, 11) is 0. The molecule has 1 amide bonds. The van der Waals surface area contributed by atoms with Gasteiger partial charge in [0.05, 0.1) is 10.7 Å². The van der Waals surface area contributed by atoms with Gasteiger partial charge < -0.3 is 5.32 Å². The molecule has 0 aliphatic heterocycles. The van der Waals surface area contributed by atoms with Gasteiger partial charge in [-0.1, -0.05) is 53.0 Å². The topological polar surface area (TPSA) is 29.1 Å². The Morgan fingerprint density at radius 1 is 0.900 bits per heavy atom. The van der Waals surface area contributed by atoms with Crippen molar-refractivity contribution in [1.82, 2.24) is 0 Å². The molecule has 0 spiro atoms. The van der Waals surface area contributed by atoms with Gasteiger partial charge in [0.2, 0.25) is 5.91 Å². The van der Waals surface area contributed by atoms with Crippen LogP contribution in [0.3, 0.4) is 0 Å². The van der Waals surface area contributed by atoms with Crippen molar-refractivity contribution in [1.29, 1.82) is 0 Å². The van der Waals surface area contributed by atoms with Gasteiger partial charge in [0.25, 0.3) is 0 Å². The van der Waals surface area contributed by atoms with Crippen LogP contribution in [0.5, 0.6) is 0 Å². The maximum Gasteiger partial charge on any atom is 0.248 e. The third-order valence-electron chi connectivity index (χ3n) is 2.53. The van der Waals surface area contributed by atoms with Crippen LogP contribution in [-0.4, -0.2) is 5.91 Å². The number of hydrogen-bond acceptors (Lipinski definition) is 1. The SMILES string of the molecule is O=C(C=Cc1c(Cl)cccc1Cl)Nc1ccccc1Cl. The molecule has 0 bridgehead atoms. The lowest BCUT2D eigenvalue weighted by molar-refractivity contribution is -0.111. The molecule has 1 N–H and O–H groups in total. The van der Waals surface area contributed by atoms with E-state index in [9.17, 15) is 4.79 Å². The molecule has 0 heterocycles. The second kappa shape index (κ2) is 6.80. The number of nitrogens with one attached hydrogen (secondary N) is 1. The molecule has 0 aliphatic rings. The molecule has 2 nitrogen and oxygen atoms in total. The molecule has 0 saturated carbocycles. The van der Waals surface area contributed by atoms with Gasteiger partial charge in [0, 0.05) is 21.7 Å². The van der Waals surface area contributed by atoms with Crippen LogP contribution in [0.1, 0.15) is 5.56 Å². The molecule has 2 aromatic carbocycles. The van der Waals surface area contributed by atoms with Crippen LogP contribution in [0.15, 0.2) is 48.5 Å². The van der Waals surface area contributed by atoms with Crippen LogP contribution in [0.2, 0.25) is 15.1 Å². The van der Waals surface area contributed by atoms with E-state index in [1.54, 1.807) is 48.5 Å². The van der Waals surface area contributed by atoms with Gasteiger partial charge in [-0.05, 0) is 30.3 Å². The van der Waals surface area contributed by atoms with Gasteiger partial charge in [-0.3, -0.25) is 4.79 Å². The van der Waals surface area contributed by atoms with Crippen LogP contribution in [-0.2, 0) is 4.79 Å². The highest BCUT2D eigenvalue weighted by atomic mass is 35.5. The van der Waals surface area contributed by atoms with Crippen LogP contribution < -0.4 is 5.32 Å². The first kappa shape index (κ1) is 14.9. The lowest BCUT2D eigenvalue weighted by atomic mass is 10.2. The highest BCUT2D eigenvalue weighted by Crippen LogP contribution is 2.25. The maximum atomic E-state index is 11.8. The monoisotopic (exact) mass is 325 g/mol. The van der Waals surface area contributed by atoms with Crippen molar-refractivity contribution in [3.8, 4) is 0 Å². The highest BCUT2D eigenvalue weighted by molar-refractivity contribution is 6.37. The number of para-hydroxylation sites is 1. The van der Waals surface area contributed by atoms with Gasteiger partial charge in [0.1, 0.15) is 0 Å². The lowest BCUT2D eigenvalue weighted by Crippen LogP contribution is -2.07. The number of carbonyl (C=O) groups excluding carboxylic acids is 1. The second-order valence-electron chi connectivity index (χ2n) is 3.94. The summed E-state index contributed by atoms with van der Waals surface area (Å²) in [6, 6.07) is 12.2. The van der Waals surface area contributed by atoms with Gasteiger partial charge >= 0.3 is 0 Å². The van der Waals surface area contributed by atoms with E-state index in [0.717, 1.165) is 0 Å². The fourth-order valence-corrected chi connectivity index (χ4v) is 2.27. The normalized spacial score (nSPS) is 10.8. The predicted molar refractivity (Wildman–Crippen MR) is 85.6 cm³/mol. The minimum Gasteiger partial charge on any atom is -0.321 e. The summed E-state index contributed by atoms with van der Waals surface area (Å²) >= 11 is 18.0. The average molecular weight is 327 g/mol. The van der Waals surface area contributed by atoms with E-state index < -0.39 is 0 Å². The summed E-state index contributed by atoms with van der Waals surface area (Å²) in [5, 5.41) is 4.12. The zero-order valence-electron chi connectivity index (χ0n) is 10.2. The fourth-order valence-electron chi connectivity index (χ4n) is 1.57. The summed E-state index contributed by atoms with van der Waals surface area (Å²) in [5.74, 6) is -0.311. The van der Waals surface area contributed by atoms with Crippen LogP contribution in [0.25, 0.3) is 6.08 Å². The molecule has 0 aromatic heterocycles. The number of halogens is 3. The molecular weight excluding hydrogens is 317 g/mol. The number of rotatable bonds is 3. The van der Waals surface area contributed by atoms with Gasteiger partial charge in [-0.15, -0.1) is 0 Å². The number of hydrogen-bond donors (Lipinski definition) is 1. The molecule has 5 heteroatoms. The Morgan fingerprint density at radius 2 is 1.50 bits per heavy atom. The van der Waals surface area contributed by atoms with Crippen LogP contribution in [0.4, 0.5) is 5.69 Å². The molecule has 2 rings (SSSR count). The second-order valence-corrected chi connectivity index (χ2v) is 5.16. The first-order valence-corrected chi connectivity index (χ1v) is 6.89. The Labute approximate surface area is 132 Å². The molecule has 102 valence electrons. The van der Waals surface area contributed by atoms with Crippen LogP contribution >= 0.6 is 34.8 Å². The number of carbonyl (C=O) groups is 1. The van der Waals surface area contributed by atoms with Crippen molar-refractivity contribution in [2.75, 3.05) is 5.32 Å². The summed E-state index contributed by atoms with van der Waals surface area (Å²) in [6.07, 6.45) is 2.92. The zero-order chi connectivity index (χ0) is 14.5. The Bertz CT molecular complexity index is 648. The molecule has 20 heavy (non-hydrogen) atoms. The third kappa shape index (κ3) is 3.76. The highest BCUT2D eigenvalue weighted by Gasteiger charge is 2.04. The molecule has 0 radical (unpaired) electrons. The molecular formula is C15H10Cl3NO. The van der Waals surface area contributed by atoms with Crippen molar-refractivity contribution in [3.05, 3.63) is 69.2 Å². The molecule has 0 unspecified atom stereocenters. The van der Waals surface area contributed by atoms with Gasteiger partial charge in [-0.25, -0.2) is 0 Å². The largest absolute Gasteiger partial charge is 0.321 e. The van der Waals surface area contributed by atoms with Crippen LogP contribution in [0, 0.1) is 0 Å². The van der Waals surface area contributed by atoms with E-state index in [4.69, 9.17) is 34.8 Å². The smallest absolute Gasteiger partial charge is 0.248 e. The fraction of sp³-hybridized carbons (Fsp3) is 0. The summed E-state index contributed by atoms with van der Waals surface area (Å²) < 4.78 is 0. The Morgan fingerprint density at radius 3 is 2.15 bits per heavy atom. The van der Waals surface area contributed by atoms with E-state index in [0.29, 0.717) is 26.3 Å². The van der Waals surface area contributed by atoms with Crippen molar-refractivity contribution in [2.45, 2.75) is 0 Å². The summed E-state index contributed by atoms with van der Waals surface area (Å²) in [6.45, 7) is 0. The zero-order valence-corrected chi connectivity index (χ0v) is 12.5. The summed E-state index contributed by atoms with van der Waals surface area (Å²) in [4.78, 5) is 11.8. The third-order valence-corrected chi connectivity index (χ3v) is 3.52. The standard InChI is InChI=1S/C15H10Cl3NO/c16-11-5-3-6-12(17)10(11)8-9-15(20)19-14-7-2-1-4-13(14)18/h1-9H,(H,19,20). The number of anilines is 1. The quantitative estimate of drug-likeness (QED) is 0.762. The molecule has 0 saturated heterocycles. The molecule has 0 fully saturated rings. The predicted octanol–water partition coefficient (Wildman–Crippen LogP) is 5.30. The van der Waals surface area contributed by atoms with Crippen molar-refractivity contribution >= 4 is 52.5 Å². The molecule has 0 atom stereocenters. The van der Waals surface area contributed by atoms with E-state index in [1.165, 1.54) is 6.08 Å². The first-order chi connectivity index (χ1) is 9.58. The maximum absolute atomic E-state index is 11.8. The van der Waals surface area contributed by atoms with Gasteiger partial charge in [-0.2, -0.15) is 0 Å². The first-order valence-electron chi connectivity index (χ1n) is 5.75. The Hall–Kier alpha value is -1.48. The van der Waals surface area contributed by atoms with E-state index in [1.807, 2.05) is 0 Å². The molecule has 0 aliphatic carbocycles. The number of benzene rings is 2. The Balaban J connectivity index is 2.12. The van der Waals surface area contributed by atoms with E-state index in [2.05, 4.69) is 5.32 Å². The van der Waals surface area contributed by atoms with Crippen molar-refractivity contribution in [2.24, 2.45) is 0 Å². The number of amides is 1.